The number of amides is 1. The Morgan fingerprint density at radius 3 is 2.53 bits per heavy atom. The fourth-order valence-electron chi connectivity index (χ4n) is 4.38. The molecule has 0 aliphatic heterocycles. The quantitative estimate of drug-likeness (QED) is 0.222. The lowest BCUT2D eigenvalue weighted by Crippen LogP contribution is -2.39. The molecule has 1 heterocycles. The average molecular weight is 498 g/mol. The van der Waals surface area contributed by atoms with Crippen molar-refractivity contribution >= 4 is 23.6 Å². The molecule has 1 N–H and O–H groups in total. The molecule has 0 saturated heterocycles. The number of aryl methyl sites for hydroxylation is 1. The van der Waals surface area contributed by atoms with Crippen LogP contribution in [0.15, 0.2) is 95.6 Å². The number of rotatable bonds is 10. The largest absolute Gasteiger partial charge is 0.468 e. The zero-order valence-corrected chi connectivity index (χ0v) is 20.6. The Morgan fingerprint density at radius 2 is 1.69 bits per heavy atom. The van der Waals surface area contributed by atoms with E-state index in [-0.39, 0.29) is 12.4 Å². The highest BCUT2D eigenvalue weighted by Crippen LogP contribution is 2.36. The molecule has 3 aromatic carbocycles. The van der Waals surface area contributed by atoms with E-state index in [1.165, 1.54) is 34.0 Å². The van der Waals surface area contributed by atoms with Crippen LogP contribution in [0.25, 0.3) is 11.1 Å². The predicted octanol–water partition coefficient (Wildman–Crippen LogP) is 6.54. The predicted molar refractivity (Wildman–Crippen MR) is 142 cm³/mol. The standard InChI is InChI=1S/C30H27NO4S/c32-28(15-13-21-7-2-1-3-8-21)29(36-20-25-10-6-16-34-25)31-30(33)35-19-22-12-14-24-18-23-9-4-5-11-26(23)27(24)17-22/h1-12,14,16-17,29H,13,15,18-20H2,(H,31,33)/t29-/m0/s1. The van der Waals surface area contributed by atoms with Crippen molar-refractivity contribution in [1.29, 1.82) is 0 Å². The first kappa shape index (κ1) is 23.9. The molecular formula is C30H27NO4S. The molecule has 5 nitrogen and oxygen atoms in total. The normalized spacial score (nSPS) is 12.4. The highest BCUT2D eigenvalue weighted by molar-refractivity contribution is 7.99. The third kappa shape index (κ3) is 5.89. The van der Waals surface area contributed by atoms with E-state index in [0.29, 0.717) is 18.6 Å². The first-order valence-electron chi connectivity index (χ1n) is 12.0. The van der Waals surface area contributed by atoms with E-state index in [1.807, 2.05) is 48.5 Å². The van der Waals surface area contributed by atoms with Crippen LogP contribution in [0.1, 0.15) is 34.4 Å². The number of furan rings is 1. The fourth-order valence-corrected chi connectivity index (χ4v) is 5.36. The molecule has 0 radical (unpaired) electrons. The monoisotopic (exact) mass is 497 g/mol. The number of alkyl carbamates (subject to hydrolysis) is 1. The fraction of sp³-hybridized carbons (Fsp3) is 0.200. The number of thioether (sulfide) groups is 1. The van der Waals surface area contributed by atoms with Gasteiger partial charge >= 0.3 is 6.09 Å². The van der Waals surface area contributed by atoms with Gasteiger partial charge in [-0.25, -0.2) is 4.79 Å². The van der Waals surface area contributed by atoms with Crippen molar-refractivity contribution in [1.82, 2.24) is 5.32 Å². The molecular weight excluding hydrogens is 470 g/mol. The Hall–Kier alpha value is -3.77. The molecule has 0 saturated carbocycles. The summed E-state index contributed by atoms with van der Waals surface area (Å²) in [5.74, 6) is 1.16. The first-order chi connectivity index (χ1) is 17.7. The summed E-state index contributed by atoms with van der Waals surface area (Å²) in [7, 11) is 0. The van der Waals surface area contributed by atoms with Crippen molar-refractivity contribution in [2.75, 3.05) is 0 Å². The molecule has 6 heteroatoms. The van der Waals surface area contributed by atoms with Crippen molar-refractivity contribution < 1.29 is 18.7 Å². The van der Waals surface area contributed by atoms with Crippen LogP contribution in [0.5, 0.6) is 0 Å². The SMILES string of the molecule is O=C(N[C@@H](SCc1ccco1)C(=O)CCc1ccccc1)OCc1ccc2c(c1)-c1ccccc1C2. The minimum Gasteiger partial charge on any atom is -0.468 e. The summed E-state index contributed by atoms with van der Waals surface area (Å²) in [5.41, 5.74) is 7.01. The summed E-state index contributed by atoms with van der Waals surface area (Å²) >= 11 is 1.33. The van der Waals surface area contributed by atoms with Gasteiger partial charge in [0.15, 0.2) is 5.78 Å². The van der Waals surface area contributed by atoms with E-state index in [9.17, 15) is 9.59 Å². The van der Waals surface area contributed by atoms with Gasteiger partial charge in [-0.1, -0.05) is 66.7 Å². The molecule has 4 aromatic rings. The number of nitrogens with one attached hydrogen (secondary N) is 1. The smallest absolute Gasteiger partial charge is 0.408 e. The van der Waals surface area contributed by atoms with Crippen LogP contribution in [0.3, 0.4) is 0 Å². The molecule has 0 bridgehead atoms. The molecule has 1 aliphatic carbocycles. The van der Waals surface area contributed by atoms with Gasteiger partial charge in [0.05, 0.1) is 12.0 Å². The summed E-state index contributed by atoms with van der Waals surface area (Å²) in [4.78, 5) is 25.7. The average Bonchev–Trinajstić information content (AvgIpc) is 3.56. The summed E-state index contributed by atoms with van der Waals surface area (Å²) in [5, 5.41) is 2.04. The summed E-state index contributed by atoms with van der Waals surface area (Å²) in [6.07, 6.45) is 2.85. The van der Waals surface area contributed by atoms with E-state index >= 15 is 0 Å². The maximum atomic E-state index is 13.0. The second kappa shape index (κ2) is 11.3. The van der Waals surface area contributed by atoms with Crippen LogP contribution in [-0.4, -0.2) is 17.3 Å². The van der Waals surface area contributed by atoms with Crippen molar-refractivity contribution in [2.24, 2.45) is 0 Å². The van der Waals surface area contributed by atoms with Gasteiger partial charge in [-0.3, -0.25) is 4.79 Å². The number of fused-ring (bicyclic) bond motifs is 3. The summed E-state index contributed by atoms with van der Waals surface area (Å²) < 4.78 is 10.9. The molecule has 1 atom stereocenters. The summed E-state index contributed by atoms with van der Waals surface area (Å²) in [6.45, 7) is 0.134. The zero-order valence-electron chi connectivity index (χ0n) is 19.8. The first-order valence-corrected chi connectivity index (χ1v) is 13.0. The van der Waals surface area contributed by atoms with Gasteiger partial charge in [0.1, 0.15) is 17.7 Å². The number of benzene rings is 3. The van der Waals surface area contributed by atoms with Gasteiger partial charge < -0.3 is 14.5 Å². The number of ketones is 1. The molecule has 1 aromatic heterocycles. The molecule has 0 unspecified atom stereocenters. The van der Waals surface area contributed by atoms with Crippen LogP contribution in [-0.2, 0) is 34.7 Å². The third-order valence-corrected chi connectivity index (χ3v) is 7.41. The molecule has 1 aliphatic rings. The number of ether oxygens (including phenoxy) is 1. The Labute approximate surface area is 214 Å². The van der Waals surface area contributed by atoms with Gasteiger partial charge in [-0.05, 0) is 64.4 Å². The van der Waals surface area contributed by atoms with Crippen LogP contribution < -0.4 is 5.32 Å². The lowest BCUT2D eigenvalue weighted by molar-refractivity contribution is -0.119. The topological polar surface area (TPSA) is 68.5 Å². The van der Waals surface area contributed by atoms with E-state index in [4.69, 9.17) is 9.15 Å². The molecule has 182 valence electrons. The van der Waals surface area contributed by atoms with E-state index in [0.717, 1.165) is 23.3 Å². The summed E-state index contributed by atoms with van der Waals surface area (Å²) in [6, 6.07) is 28.0. The second-order valence-electron chi connectivity index (χ2n) is 8.77. The van der Waals surface area contributed by atoms with Crippen LogP contribution >= 0.6 is 11.8 Å². The van der Waals surface area contributed by atoms with E-state index < -0.39 is 11.5 Å². The van der Waals surface area contributed by atoms with Gasteiger partial charge in [0.2, 0.25) is 0 Å². The van der Waals surface area contributed by atoms with Crippen molar-refractivity contribution in [3.63, 3.8) is 0 Å². The van der Waals surface area contributed by atoms with E-state index in [2.05, 4.69) is 35.6 Å². The Morgan fingerprint density at radius 1 is 0.889 bits per heavy atom. The molecule has 1 amide bonds. The molecule has 0 fully saturated rings. The number of Topliss-reactive ketones (excluding diaryl/α,β-unsaturated/α-hetero) is 1. The maximum Gasteiger partial charge on any atom is 0.408 e. The van der Waals surface area contributed by atoms with Crippen molar-refractivity contribution in [3.05, 3.63) is 119 Å². The second-order valence-corrected chi connectivity index (χ2v) is 9.86. The molecule has 0 spiro atoms. The van der Waals surface area contributed by atoms with Crippen molar-refractivity contribution in [3.8, 4) is 11.1 Å². The number of hydrogen-bond donors (Lipinski definition) is 1. The number of carbonyl (C=O) groups excluding carboxylic acids is 2. The van der Waals surface area contributed by atoms with Gasteiger partial charge in [0, 0.05) is 6.42 Å². The number of hydrogen-bond acceptors (Lipinski definition) is 5. The highest BCUT2D eigenvalue weighted by Gasteiger charge is 2.23. The minimum atomic E-state index is -0.724. The van der Waals surface area contributed by atoms with Gasteiger partial charge in [-0.2, -0.15) is 0 Å². The molecule has 36 heavy (non-hydrogen) atoms. The van der Waals surface area contributed by atoms with E-state index in [1.54, 1.807) is 12.3 Å². The van der Waals surface area contributed by atoms with Crippen molar-refractivity contribution in [2.45, 2.75) is 37.0 Å². The van der Waals surface area contributed by atoms with Crippen LogP contribution in [0, 0.1) is 0 Å². The number of carbonyl (C=O) groups is 2. The maximum absolute atomic E-state index is 13.0. The van der Waals surface area contributed by atoms with Crippen LogP contribution in [0.2, 0.25) is 0 Å². The third-order valence-electron chi connectivity index (χ3n) is 6.25. The zero-order chi connectivity index (χ0) is 24.7. The Bertz CT molecular complexity index is 1330. The Kier molecular flexibility index (Phi) is 7.52. The Balaban J connectivity index is 1.19. The van der Waals surface area contributed by atoms with Crippen LogP contribution in [0.4, 0.5) is 4.79 Å². The lowest BCUT2D eigenvalue weighted by atomic mass is 10.0. The minimum absolute atomic E-state index is 0.0542. The highest BCUT2D eigenvalue weighted by atomic mass is 32.2. The van der Waals surface area contributed by atoms with Gasteiger partial charge in [-0.15, -0.1) is 11.8 Å². The van der Waals surface area contributed by atoms with Gasteiger partial charge in [0.25, 0.3) is 0 Å². The lowest BCUT2D eigenvalue weighted by Gasteiger charge is -2.17. The molecule has 5 rings (SSSR count).